The number of hydrogen-bond acceptors (Lipinski definition) is 3. The standard InChI is InChI=1S/C14H17NO3S/c1-19-8-9-3-2-4-11(7-9)13(16)15-12(14(17)18)10-5-6-10/h2-4,7,10,12H,5-6,8H2,1H3,(H,15,16)(H,17,18). The number of nitrogens with one attached hydrogen (secondary N) is 1. The van der Waals surface area contributed by atoms with Crippen LogP contribution in [0.15, 0.2) is 24.3 Å². The number of benzene rings is 1. The van der Waals surface area contributed by atoms with Crippen LogP contribution < -0.4 is 5.32 Å². The lowest BCUT2D eigenvalue weighted by molar-refractivity contribution is -0.139. The molecule has 2 N–H and O–H groups in total. The third kappa shape index (κ3) is 3.73. The van der Waals surface area contributed by atoms with E-state index in [-0.39, 0.29) is 11.8 Å². The fraction of sp³-hybridized carbons (Fsp3) is 0.429. The molecule has 1 aromatic rings. The maximum absolute atomic E-state index is 12.1. The van der Waals surface area contributed by atoms with Crippen LogP contribution in [0.3, 0.4) is 0 Å². The molecule has 4 nitrogen and oxygen atoms in total. The second kappa shape index (κ2) is 6.10. The molecule has 1 amide bonds. The van der Waals surface area contributed by atoms with Crippen molar-refractivity contribution in [1.82, 2.24) is 5.32 Å². The maximum Gasteiger partial charge on any atom is 0.326 e. The van der Waals surface area contributed by atoms with E-state index in [0.717, 1.165) is 24.2 Å². The smallest absolute Gasteiger partial charge is 0.326 e. The highest BCUT2D eigenvalue weighted by Gasteiger charge is 2.37. The van der Waals surface area contributed by atoms with Crippen LogP contribution in [0.5, 0.6) is 0 Å². The van der Waals surface area contributed by atoms with Gasteiger partial charge in [-0.25, -0.2) is 4.79 Å². The highest BCUT2D eigenvalue weighted by Crippen LogP contribution is 2.32. The van der Waals surface area contributed by atoms with E-state index in [1.54, 1.807) is 17.8 Å². The van der Waals surface area contributed by atoms with Gasteiger partial charge in [-0.1, -0.05) is 12.1 Å². The van der Waals surface area contributed by atoms with Crippen molar-refractivity contribution in [2.45, 2.75) is 24.6 Å². The van der Waals surface area contributed by atoms with Crippen LogP contribution in [0, 0.1) is 5.92 Å². The van der Waals surface area contributed by atoms with Crippen LogP contribution in [0.25, 0.3) is 0 Å². The molecule has 0 aromatic heterocycles. The quantitative estimate of drug-likeness (QED) is 0.837. The first-order chi connectivity index (χ1) is 9.11. The highest BCUT2D eigenvalue weighted by molar-refractivity contribution is 7.97. The Hall–Kier alpha value is -1.49. The SMILES string of the molecule is CSCc1cccc(C(=O)NC(C(=O)O)C2CC2)c1. The first-order valence-corrected chi connectivity index (χ1v) is 7.62. The summed E-state index contributed by atoms with van der Waals surface area (Å²) in [5, 5.41) is 11.7. The molecule has 0 heterocycles. The Morgan fingerprint density at radius 2 is 2.21 bits per heavy atom. The average molecular weight is 279 g/mol. The lowest BCUT2D eigenvalue weighted by atomic mass is 10.1. The molecule has 1 aliphatic rings. The predicted molar refractivity (Wildman–Crippen MR) is 75.3 cm³/mol. The van der Waals surface area contributed by atoms with Crippen molar-refractivity contribution in [3.63, 3.8) is 0 Å². The van der Waals surface area contributed by atoms with Crippen molar-refractivity contribution in [3.8, 4) is 0 Å². The van der Waals surface area contributed by atoms with E-state index in [4.69, 9.17) is 5.11 Å². The van der Waals surface area contributed by atoms with Crippen LogP contribution in [0.2, 0.25) is 0 Å². The van der Waals surface area contributed by atoms with Gasteiger partial charge in [0.25, 0.3) is 5.91 Å². The van der Waals surface area contributed by atoms with Gasteiger partial charge >= 0.3 is 5.97 Å². The van der Waals surface area contributed by atoms with Crippen LogP contribution in [0.4, 0.5) is 0 Å². The van der Waals surface area contributed by atoms with Gasteiger partial charge < -0.3 is 10.4 Å². The Morgan fingerprint density at radius 3 is 2.79 bits per heavy atom. The van der Waals surface area contributed by atoms with E-state index in [9.17, 15) is 9.59 Å². The first kappa shape index (κ1) is 13.9. The summed E-state index contributed by atoms with van der Waals surface area (Å²) in [7, 11) is 0. The van der Waals surface area contributed by atoms with E-state index in [1.807, 2.05) is 24.5 Å². The summed E-state index contributed by atoms with van der Waals surface area (Å²) in [4.78, 5) is 23.2. The number of hydrogen-bond donors (Lipinski definition) is 2. The molecule has 102 valence electrons. The summed E-state index contributed by atoms with van der Waals surface area (Å²) < 4.78 is 0. The van der Waals surface area contributed by atoms with Gasteiger partial charge in [0.05, 0.1) is 0 Å². The monoisotopic (exact) mass is 279 g/mol. The molecule has 5 heteroatoms. The Balaban J connectivity index is 2.06. The molecule has 1 saturated carbocycles. The number of carbonyl (C=O) groups is 2. The zero-order chi connectivity index (χ0) is 13.8. The summed E-state index contributed by atoms with van der Waals surface area (Å²) in [6.45, 7) is 0. The normalized spacial score (nSPS) is 15.8. The molecule has 0 bridgehead atoms. The second-order valence-corrected chi connectivity index (χ2v) is 5.63. The minimum Gasteiger partial charge on any atom is -0.480 e. The average Bonchev–Trinajstić information content (AvgIpc) is 3.20. The summed E-state index contributed by atoms with van der Waals surface area (Å²) in [6.07, 6.45) is 3.76. The fourth-order valence-corrected chi connectivity index (χ4v) is 2.52. The van der Waals surface area contributed by atoms with Crippen LogP contribution in [-0.2, 0) is 10.5 Å². The first-order valence-electron chi connectivity index (χ1n) is 6.23. The molecule has 0 radical (unpaired) electrons. The van der Waals surface area contributed by atoms with Crippen LogP contribution in [0.1, 0.15) is 28.8 Å². The van der Waals surface area contributed by atoms with E-state index >= 15 is 0 Å². The largest absolute Gasteiger partial charge is 0.480 e. The third-order valence-electron chi connectivity index (χ3n) is 3.15. The highest BCUT2D eigenvalue weighted by atomic mass is 32.2. The molecular weight excluding hydrogens is 262 g/mol. The molecule has 1 unspecified atom stereocenters. The minimum atomic E-state index is -0.948. The number of thioether (sulfide) groups is 1. The molecule has 1 aromatic carbocycles. The second-order valence-electron chi connectivity index (χ2n) is 4.76. The molecule has 0 aliphatic heterocycles. The van der Waals surface area contributed by atoms with E-state index in [0.29, 0.717) is 5.56 Å². The minimum absolute atomic E-state index is 0.0934. The van der Waals surface area contributed by atoms with Gasteiger partial charge in [-0.05, 0) is 42.7 Å². The van der Waals surface area contributed by atoms with Gasteiger partial charge in [0.1, 0.15) is 6.04 Å². The number of carbonyl (C=O) groups excluding carboxylic acids is 1. The molecule has 0 spiro atoms. The lowest BCUT2D eigenvalue weighted by Crippen LogP contribution is -2.42. The summed E-state index contributed by atoms with van der Waals surface area (Å²) >= 11 is 1.68. The number of carboxylic acids is 1. The lowest BCUT2D eigenvalue weighted by Gasteiger charge is -2.13. The van der Waals surface area contributed by atoms with Crippen molar-refractivity contribution in [2.24, 2.45) is 5.92 Å². The molecule has 19 heavy (non-hydrogen) atoms. The predicted octanol–water partition coefficient (Wildman–Crippen LogP) is 2.14. The topological polar surface area (TPSA) is 66.4 Å². The van der Waals surface area contributed by atoms with Crippen LogP contribution >= 0.6 is 11.8 Å². The number of amides is 1. The Labute approximate surface area is 116 Å². The van der Waals surface area contributed by atoms with E-state index in [2.05, 4.69) is 5.32 Å². The van der Waals surface area contributed by atoms with Gasteiger partial charge in [0.2, 0.25) is 0 Å². The van der Waals surface area contributed by atoms with E-state index in [1.165, 1.54) is 0 Å². The van der Waals surface area contributed by atoms with Crippen molar-refractivity contribution >= 4 is 23.6 Å². The summed E-state index contributed by atoms with van der Waals surface area (Å²) in [5.41, 5.74) is 1.59. The third-order valence-corrected chi connectivity index (χ3v) is 3.77. The number of aliphatic carboxylic acids is 1. The molecule has 1 fully saturated rings. The number of carboxylic acid groups (broad SMARTS) is 1. The Morgan fingerprint density at radius 1 is 1.47 bits per heavy atom. The Bertz CT molecular complexity index is 485. The fourth-order valence-electron chi connectivity index (χ4n) is 2.00. The van der Waals surface area contributed by atoms with Gasteiger partial charge in [-0.15, -0.1) is 0 Å². The number of rotatable bonds is 6. The zero-order valence-corrected chi connectivity index (χ0v) is 11.6. The molecule has 2 rings (SSSR count). The van der Waals surface area contributed by atoms with Crippen molar-refractivity contribution < 1.29 is 14.7 Å². The van der Waals surface area contributed by atoms with Gasteiger partial charge in [-0.3, -0.25) is 4.79 Å². The van der Waals surface area contributed by atoms with E-state index < -0.39 is 12.0 Å². The van der Waals surface area contributed by atoms with Crippen molar-refractivity contribution in [3.05, 3.63) is 35.4 Å². The molecule has 1 aliphatic carbocycles. The molecule has 0 saturated heterocycles. The molecular formula is C14H17NO3S. The molecule has 1 atom stereocenters. The van der Waals surface area contributed by atoms with Crippen molar-refractivity contribution in [2.75, 3.05) is 6.26 Å². The van der Waals surface area contributed by atoms with Gasteiger partial charge in [-0.2, -0.15) is 11.8 Å². The van der Waals surface area contributed by atoms with Gasteiger partial charge in [0, 0.05) is 11.3 Å². The van der Waals surface area contributed by atoms with Crippen LogP contribution in [-0.4, -0.2) is 29.3 Å². The zero-order valence-electron chi connectivity index (χ0n) is 10.8. The Kier molecular flexibility index (Phi) is 4.47. The van der Waals surface area contributed by atoms with Gasteiger partial charge in [0.15, 0.2) is 0 Å². The van der Waals surface area contributed by atoms with Crippen molar-refractivity contribution in [1.29, 1.82) is 0 Å². The maximum atomic E-state index is 12.1. The summed E-state index contributed by atoms with van der Waals surface area (Å²) in [6, 6.07) is 6.57. The summed E-state index contributed by atoms with van der Waals surface area (Å²) in [5.74, 6) is -0.319.